The molecule has 0 aliphatic carbocycles. The van der Waals surface area contributed by atoms with Crippen LogP contribution in [0.25, 0.3) is 0 Å². The molecule has 0 aromatic carbocycles. The summed E-state index contributed by atoms with van der Waals surface area (Å²) in [6, 6.07) is 0. The standard InChI is InChI=1S/Be.Mg.Se.Zn.4H/q2*+2;-2;+2;4*-1. The minimum absolute atomic E-state index is 0. The third-order valence-electron chi connectivity index (χ3n) is 0. The fourth-order valence-corrected chi connectivity index (χ4v) is 0. The van der Waals surface area contributed by atoms with Crippen LogP contribution in [0.4, 0.5) is 0 Å². The summed E-state index contributed by atoms with van der Waals surface area (Å²) in [6.45, 7) is 0. The van der Waals surface area contributed by atoms with Gasteiger partial charge in [0.1, 0.15) is 0 Å². The van der Waals surface area contributed by atoms with E-state index in [2.05, 4.69) is 0 Å². The molecule has 0 heterocycles. The molecule has 0 bridgehead atoms. The number of rotatable bonds is 0. The molecule has 4 heteroatoms. The topological polar surface area (TPSA) is 0 Å². The number of hydrogen-bond acceptors (Lipinski definition) is 0. The van der Waals surface area contributed by atoms with Crippen molar-refractivity contribution < 1.29 is 25.2 Å². The van der Waals surface area contributed by atoms with Crippen LogP contribution in [-0.4, -0.2) is 50.2 Å². The van der Waals surface area contributed by atoms with Crippen molar-refractivity contribution in [1.29, 1.82) is 0 Å². The zero-order valence-electron chi connectivity index (χ0n) is 6.53. The van der Waals surface area contributed by atoms with E-state index in [-0.39, 0.29) is 75.4 Å². The van der Waals surface area contributed by atoms with Crippen molar-refractivity contribution in [1.82, 2.24) is 0 Å². The van der Waals surface area contributed by atoms with Crippen LogP contribution in [0.3, 0.4) is 0 Å². The largest absolute Gasteiger partial charge is 2.00 e. The van der Waals surface area contributed by atoms with Gasteiger partial charge in [0.2, 0.25) is 0 Å². The van der Waals surface area contributed by atoms with Gasteiger partial charge in [-0.2, -0.15) is 0 Å². The van der Waals surface area contributed by atoms with Crippen LogP contribution in [-0.2, 0) is 19.5 Å². The third kappa shape index (κ3) is 8.95. The van der Waals surface area contributed by atoms with Gasteiger partial charge < -0.3 is 22.8 Å². The van der Waals surface area contributed by atoms with Gasteiger partial charge in [0.15, 0.2) is 0 Å². The molecule has 0 aromatic heterocycles. The van der Waals surface area contributed by atoms with Crippen molar-refractivity contribution >= 4 is 50.2 Å². The molecule has 0 aliphatic heterocycles. The van der Waals surface area contributed by atoms with Crippen molar-refractivity contribution in [2.45, 2.75) is 0 Å². The Labute approximate surface area is 75.0 Å². The van der Waals surface area contributed by atoms with E-state index in [0.29, 0.717) is 0 Å². The molecule has 0 rings (SSSR count). The molecule has 0 aliphatic rings. The summed E-state index contributed by atoms with van der Waals surface area (Å²) in [5.74, 6) is 0. The fourth-order valence-electron chi connectivity index (χ4n) is 0. The van der Waals surface area contributed by atoms with E-state index < -0.39 is 0 Å². The first-order valence-corrected chi connectivity index (χ1v) is 0. The summed E-state index contributed by atoms with van der Waals surface area (Å²) in [5, 5.41) is 0. The van der Waals surface area contributed by atoms with Gasteiger partial charge in [0, 0.05) is 0 Å². The van der Waals surface area contributed by atoms with Crippen LogP contribution in [0.1, 0.15) is 5.71 Å². The van der Waals surface area contributed by atoms with Gasteiger partial charge in [-0.25, -0.2) is 0 Å². The zero-order valence-corrected chi connectivity index (χ0v) is 8.62. The Hall–Kier alpha value is 2.08. The van der Waals surface area contributed by atoms with E-state index >= 15 is 0 Å². The molecule has 0 spiro atoms. The van der Waals surface area contributed by atoms with Gasteiger partial charge in [-0.15, -0.1) is 0 Å². The average molecular weight is 182 g/mol. The van der Waals surface area contributed by atoms with Gasteiger partial charge in [0.05, 0.1) is 0 Å². The predicted molar refractivity (Wildman–Crippen MR) is 21.7 cm³/mol. The molecule has 0 aromatic rings. The second-order valence-corrected chi connectivity index (χ2v) is 0. The minimum Gasteiger partial charge on any atom is -2.00 e. The maximum Gasteiger partial charge on any atom is 2.00 e. The molecular formula is H4BeMgSeZn. The van der Waals surface area contributed by atoms with Crippen LogP contribution in [0.15, 0.2) is 0 Å². The molecule has 0 fully saturated rings. The molecule has 16 valence electrons. The fraction of sp³-hybridized carbons (Fsp3) is 0. The first-order valence-electron chi connectivity index (χ1n) is 0. The van der Waals surface area contributed by atoms with Crippen molar-refractivity contribution in [3.05, 3.63) is 0 Å². The molecule has 0 saturated carbocycles. The summed E-state index contributed by atoms with van der Waals surface area (Å²) in [6.07, 6.45) is 0. The van der Waals surface area contributed by atoms with E-state index in [9.17, 15) is 0 Å². The summed E-state index contributed by atoms with van der Waals surface area (Å²) < 4.78 is 0. The van der Waals surface area contributed by atoms with Crippen molar-refractivity contribution in [3.63, 3.8) is 0 Å². The van der Waals surface area contributed by atoms with Crippen molar-refractivity contribution in [3.8, 4) is 0 Å². The third-order valence-corrected chi connectivity index (χ3v) is 0. The monoisotopic (exact) mass is 181 g/mol. The second-order valence-electron chi connectivity index (χ2n) is 0. The van der Waals surface area contributed by atoms with Gasteiger partial charge in [-0.3, -0.25) is 0 Å². The predicted octanol–water partition coefficient (Wildman–Crippen LogP) is -0.695. The molecule has 4 heavy (non-hydrogen) atoms. The summed E-state index contributed by atoms with van der Waals surface area (Å²) in [4.78, 5) is 0. The molecule has 0 saturated heterocycles. The van der Waals surface area contributed by atoms with Crippen LogP contribution < -0.4 is 0 Å². The maximum absolute atomic E-state index is 0. The van der Waals surface area contributed by atoms with Crippen LogP contribution >= 0.6 is 0 Å². The summed E-state index contributed by atoms with van der Waals surface area (Å²) in [5.41, 5.74) is 0. The van der Waals surface area contributed by atoms with Gasteiger partial charge in [0.25, 0.3) is 0 Å². The normalized spacial score (nSPS) is 0. The van der Waals surface area contributed by atoms with Gasteiger partial charge in [-0.1, -0.05) is 0 Å². The minimum atomic E-state index is 0. The molecule has 0 unspecified atom stereocenters. The second kappa shape index (κ2) is 19.6. The maximum atomic E-state index is 0. The van der Waals surface area contributed by atoms with Crippen LogP contribution in [0, 0.1) is 0 Å². The smallest absolute Gasteiger partial charge is 2.00 e. The molecule has 0 N–H and O–H groups in total. The molecule has 0 amide bonds. The summed E-state index contributed by atoms with van der Waals surface area (Å²) >= 11 is 0. The van der Waals surface area contributed by atoms with Crippen LogP contribution in [0.2, 0.25) is 0 Å². The Balaban J connectivity index is 0. The Morgan fingerprint density at radius 1 is 1.25 bits per heavy atom. The van der Waals surface area contributed by atoms with E-state index in [1.165, 1.54) is 0 Å². The summed E-state index contributed by atoms with van der Waals surface area (Å²) in [7, 11) is 0. The van der Waals surface area contributed by atoms with Gasteiger partial charge >= 0.3 is 52.7 Å². The Bertz CT molecular complexity index is 16.0. The molecule has 0 radical (unpaired) electrons. The quantitative estimate of drug-likeness (QED) is 0.434. The Morgan fingerprint density at radius 2 is 1.25 bits per heavy atom. The van der Waals surface area contributed by atoms with Crippen molar-refractivity contribution in [2.24, 2.45) is 0 Å². The van der Waals surface area contributed by atoms with E-state index in [1.54, 1.807) is 0 Å². The van der Waals surface area contributed by atoms with E-state index in [4.69, 9.17) is 0 Å². The average Bonchev–Trinajstić information content (AvgIpc) is 0. The molecule has 0 nitrogen and oxygen atoms in total. The Morgan fingerprint density at radius 3 is 1.25 bits per heavy atom. The first-order chi connectivity index (χ1) is 0. The Kier molecular flexibility index (Phi) is 177. The number of hydrogen-bond donors (Lipinski definition) is 0. The SMILES string of the molecule is [Be+2].[H-].[H-].[H-].[H-].[Mg+2].[Se-2].[Zn+2]. The van der Waals surface area contributed by atoms with Crippen LogP contribution in [0.5, 0.6) is 0 Å². The first kappa shape index (κ1) is 36.3. The van der Waals surface area contributed by atoms with Gasteiger partial charge in [-0.05, 0) is 0 Å². The van der Waals surface area contributed by atoms with E-state index in [1.807, 2.05) is 0 Å². The molecular weight excluding hydrogens is 178 g/mol. The van der Waals surface area contributed by atoms with Crippen molar-refractivity contribution in [2.75, 3.05) is 0 Å². The molecule has 0 atom stereocenters. The van der Waals surface area contributed by atoms with E-state index in [0.717, 1.165) is 0 Å². The zero-order chi connectivity index (χ0) is 0.